The lowest BCUT2D eigenvalue weighted by Crippen LogP contribution is -2.41. The maximum atomic E-state index is 12.6. The van der Waals surface area contributed by atoms with Crippen molar-refractivity contribution in [2.24, 2.45) is 7.05 Å². The van der Waals surface area contributed by atoms with Gasteiger partial charge in [-0.1, -0.05) is 36.0 Å². The molecular formula is C23H23N5O5S. The second-order valence-corrected chi connectivity index (χ2v) is 8.41. The van der Waals surface area contributed by atoms with Gasteiger partial charge in [0.25, 0.3) is 5.91 Å². The standard InChI is InChI=1S/C23H23N5O5S/c1-14(28-17-10-6-7-11-18(17)33-12-20(28)30)21-25-26-23(27(21)2)34-13-19(29)24-16-9-5-4-8-15(16)22(31)32-3/h4-11,14H,12-13H2,1-3H3,(H,24,29). The molecule has 0 saturated carbocycles. The lowest BCUT2D eigenvalue weighted by Gasteiger charge is -2.33. The zero-order chi connectivity index (χ0) is 24.2. The summed E-state index contributed by atoms with van der Waals surface area (Å²) in [5.74, 6) is 0.242. The molecule has 2 amide bonds. The molecule has 34 heavy (non-hydrogen) atoms. The first kappa shape index (κ1) is 23.3. The van der Waals surface area contributed by atoms with E-state index >= 15 is 0 Å². The molecule has 0 spiro atoms. The molecule has 11 heteroatoms. The first-order valence-corrected chi connectivity index (χ1v) is 11.4. The molecule has 1 atom stereocenters. The minimum Gasteiger partial charge on any atom is -0.482 e. The zero-order valence-corrected chi connectivity index (χ0v) is 19.7. The lowest BCUT2D eigenvalue weighted by atomic mass is 10.1. The Morgan fingerprint density at radius 2 is 1.91 bits per heavy atom. The van der Waals surface area contributed by atoms with Gasteiger partial charge in [0, 0.05) is 7.05 Å². The van der Waals surface area contributed by atoms with Crippen LogP contribution in [-0.4, -0.2) is 52.0 Å². The Bertz CT molecular complexity index is 1240. The summed E-state index contributed by atoms with van der Waals surface area (Å²) in [6.07, 6.45) is 0. The van der Waals surface area contributed by atoms with E-state index in [-0.39, 0.29) is 29.7 Å². The Hall–Kier alpha value is -3.86. The number of carbonyl (C=O) groups excluding carboxylic acids is 3. The second-order valence-electron chi connectivity index (χ2n) is 7.47. The molecule has 0 radical (unpaired) electrons. The summed E-state index contributed by atoms with van der Waals surface area (Å²) >= 11 is 1.20. The number of thioether (sulfide) groups is 1. The maximum absolute atomic E-state index is 12.6. The highest BCUT2D eigenvalue weighted by Crippen LogP contribution is 2.37. The molecule has 1 aliphatic heterocycles. The molecule has 0 fully saturated rings. The number of hydrogen-bond acceptors (Lipinski definition) is 8. The fourth-order valence-electron chi connectivity index (χ4n) is 3.67. The van der Waals surface area contributed by atoms with Crippen LogP contribution in [0.1, 0.15) is 29.1 Å². The van der Waals surface area contributed by atoms with Crippen molar-refractivity contribution in [1.29, 1.82) is 0 Å². The summed E-state index contributed by atoms with van der Waals surface area (Å²) < 4.78 is 12.0. The summed E-state index contributed by atoms with van der Waals surface area (Å²) in [5.41, 5.74) is 1.32. The number of esters is 1. The minimum atomic E-state index is -0.533. The smallest absolute Gasteiger partial charge is 0.339 e. The molecule has 3 aromatic rings. The van der Waals surface area contributed by atoms with Crippen LogP contribution in [0.5, 0.6) is 5.75 Å². The van der Waals surface area contributed by atoms with Gasteiger partial charge >= 0.3 is 5.97 Å². The average molecular weight is 482 g/mol. The number of anilines is 2. The summed E-state index contributed by atoms with van der Waals surface area (Å²) in [7, 11) is 3.07. The highest BCUT2D eigenvalue weighted by atomic mass is 32.2. The largest absolute Gasteiger partial charge is 0.482 e. The van der Waals surface area contributed by atoms with E-state index in [0.29, 0.717) is 28.1 Å². The van der Waals surface area contributed by atoms with Crippen LogP contribution >= 0.6 is 11.8 Å². The second kappa shape index (κ2) is 9.96. The molecule has 0 bridgehead atoms. The highest BCUT2D eigenvalue weighted by Gasteiger charge is 2.32. The zero-order valence-electron chi connectivity index (χ0n) is 18.8. The Morgan fingerprint density at radius 1 is 1.18 bits per heavy atom. The van der Waals surface area contributed by atoms with Gasteiger partial charge in [0.2, 0.25) is 5.91 Å². The van der Waals surface area contributed by atoms with Gasteiger partial charge in [0.15, 0.2) is 17.6 Å². The van der Waals surface area contributed by atoms with Crippen LogP contribution in [0.25, 0.3) is 0 Å². The fourth-order valence-corrected chi connectivity index (χ4v) is 4.39. The van der Waals surface area contributed by atoms with E-state index < -0.39 is 12.0 Å². The van der Waals surface area contributed by atoms with E-state index in [1.54, 1.807) is 40.8 Å². The number of aromatic nitrogens is 3. The number of hydrogen-bond donors (Lipinski definition) is 1. The van der Waals surface area contributed by atoms with Crippen molar-refractivity contribution in [3.05, 3.63) is 59.9 Å². The molecule has 10 nitrogen and oxygen atoms in total. The SMILES string of the molecule is COC(=O)c1ccccc1NC(=O)CSc1nnc(C(C)N2C(=O)COc3ccccc32)n1C. The van der Waals surface area contributed by atoms with E-state index in [1.165, 1.54) is 18.9 Å². The van der Waals surface area contributed by atoms with Gasteiger partial charge in [-0.2, -0.15) is 0 Å². The van der Waals surface area contributed by atoms with Crippen LogP contribution in [0.2, 0.25) is 0 Å². The van der Waals surface area contributed by atoms with Crippen molar-refractivity contribution in [3.8, 4) is 5.75 Å². The lowest BCUT2D eigenvalue weighted by molar-refractivity contribution is -0.121. The molecule has 176 valence electrons. The molecule has 4 rings (SSSR count). The molecule has 1 N–H and O–H groups in total. The average Bonchev–Trinajstić information content (AvgIpc) is 3.22. The predicted molar refractivity (Wildman–Crippen MR) is 126 cm³/mol. The number of rotatable bonds is 7. The van der Waals surface area contributed by atoms with Crippen LogP contribution in [0, 0.1) is 0 Å². The monoisotopic (exact) mass is 481 g/mol. The molecule has 1 aromatic heterocycles. The number of para-hydroxylation sites is 3. The maximum Gasteiger partial charge on any atom is 0.339 e. The fraction of sp³-hybridized carbons (Fsp3) is 0.261. The first-order chi connectivity index (χ1) is 16.4. The topological polar surface area (TPSA) is 116 Å². The van der Waals surface area contributed by atoms with Gasteiger partial charge in [-0.25, -0.2) is 4.79 Å². The summed E-state index contributed by atoms with van der Waals surface area (Å²) in [5, 5.41) is 11.7. The molecule has 0 saturated heterocycles. The van der Waals surface area contributed by atoms with Gasteiger partial charge in [0.05, 0.1) is 35.8 Å². The van der Waals surface area contributed by atoms with Crippen molar-refractivity contribution in [2.75, 3.05) is 29.7 Å². The predicted octanol–water partition coefficient (Wildman–Crippen LogP) is 2.82. The van der Waals surface area contributed by atoms with Gasteiger partial charge in [0.1, 0.15) is 5.75 Å². The Balaban J connectivity index is 1.45. The van der Waals surface area contributed by atoms with Crippen molar-refractivity contribution < 1.29 is 23.9 Å². The summed E-state index contributed by atoms with van der Waals surface area (Å²) in [6, 6.07) is 13.6. The molecule has 1 aliphatic rings. The third kappa shape index (κ3) is 4.60. The third-order valence-electron chi connectivity index (χ3n) is 5.31. The normalized spacial score (nSPS) is 13.6. The summed E-state index contributed by atoms with van der Waals surface area (Å²) in [4.78, 5) is 38.7. The number of benzene rings is 2. The highest BCUT2D eigenvalue weighted by molar-refractivity contribution is 7.99. The van der Waals surface area contributed by atoms with Gasteiger partial charge < -0.3 is 19.4 Å². The van der Waals surface area contributed by atoms with Crippen LogP contribution in [-0.2, 0) is 21.4 Å². The van der Waals surface area contributed by atoms with Crippen molar-refractivity contribution in [2.45, 2.75) is 18.1 Å². The van der Waals surface area contributed by atoms with E-state index in [9.17, 15) is 14.4 Å². The number of carbonyl (C=O) groups is 3. The van der Waals surface area contributed by atoms with E-state index in [0.717, 1.165) is 0 Å². The van der Waals surface area contributed by atoms with Crippen LogP contribution in [0.15, 0.2) is 53.7 Å². The number of ether oxygens (including phenoxy) is 2. The van der Waals surface area contributed by atoms with Crippen LogP contribution < -0.4 is 15.0 Å². The third-order valence-corrected chi connectivity index (χ3v) is 6.33. The van der Waals surface area contributed by atoms with Crippen LogP contribution in [0.4, 0.5) is 11.4 Å². The Kier molecular flexibility index (Phi) is 6.82. The number of nitrogens with one attached hydrogen (secondary N) is 1. The van der Waals surface area contributed by atoms with Gasteiger partial charge in [-0.15, -0.1) is 10.2 Å². The first-order valence-electron chi connectivity index (χ1n) is 10.4. The number of fused-ring (bicyclic) bond motifs is 1. The van der Waals surface area contributed by atoms with E-state index in [2.05, 4.69) is 15.5 Å². The van der Waals surface area contributed by atoms with E-state index in [1.807, 2.05) is 31.2 Å². The molecule has 1 unspecified atom stereocenters. The molecule has 0 aliphatic carbocycles. The van der Waals surface area contributed by atoms with Crippen molar-refractivity contribution >= 4 is 40.9 Å². The van der Waals surface area contributed by atoms with Gasteiger partial charge in [-0.3, -0.25) is 14.5 Å². The number of methoxy groups -OCH3 is 1. The quantitative estimate of drug-likeness (QED) is 0.405. The van der Waals surface area contributed by atoms with Crippen molar-refractivity contribution in [3.63, 3.8) is 0 Å². The number of amides is 2. The Labute approximate surface area is 200 Å². The molecule has 2 heterocycles. The number of nitrogens with zero attached hydrogens (tertiary/aromatic N) is 4. The van der Waals surface area contributed by atoms with Gasteiger partial charge in [-0.05, 0) is 31.2 Å². The summed E-state index contributed by atoms with van der Waals surface area (Å²) in [6.45, 7) is 1.82. The minimum absolute atomic E-state index is 0.0476. The molecular weight excluding hydrogens is 458 g/mol. The van der Waals surface area contributed by atoms with Crippen molar-refractivity contribution in [1.82, 2.24) is 14.8 Å². The van der Waals surface area contributed by atoms with E-state index in [4.69, 9.17) is 9.47 Å². The Morgan fingerprint density at radius 3 is 2.71 bits per heavy atom. The molecule has 2 aromatic carbocycles. The van der Waals surface area contributed by atoms with Crippen LogP contribution in [0.3, 0.4) is 0 Å².